The van der Waals surface area contributed by atoms with Crippen molar-refractivity contribution in [3.05, 3.63) is 53.6 Å². The van der Waals surface area contributed by atoms with E-state index in [1.54, 1.807) is 12.1 Å². The van der Waals surface area contributed by atoms with Crippen molar-refractivity contribution < 1.29 is 4.39 Å². The Morgan fingerprint density at radius 2 is 2.24 bits per heavy atom. The molecule has 0 radical (unpaired) electrons. The lowest BCUT2D eigenvalue weighted by Gasteiger charge is -2.32. The molecule has 112 valence electrons. The maximum absolute atomic E-state index is 13.5. The Kier molecular flexibility index (Phi) is 4.34. The fourth-order valence-electron chi connectivity index (χ4n) is 3.27. The molecule has 1 N–H and O–H groups in total. The molecule has 0 bridgehead atoms. The highest BCUT2D eigenvalue weighted by molar-refractivity contribution is 5.28. The molecule has 2 heterocycles. The second kappa shape index (κ2) is 6.39. The standard InChI is InChI=1S/C17H22FN3/c1-2-8-21-12-14(10-20-21)16-6-7-19-11-17(16)13-4-3-5-15(18)9-13/h3-5,9-10,12,16-17,19H,2,6-8,11H2,1H3. The molecule has 1 saturated heterocycles. The van der Waals surface area contributed by atoms with Crippen LogP contribution >= 0.6 is 0 Å². The third-order valence-electron chi connectivity index (χ3n) is 4.29. The summed E-state index contributed by atoms with van der Waals surface area (Å²) in [5.41, 5.74) is 2.36. The summed E-state index contributed by atoms with van der Waals surface area (Å²) < 4.78 is 15.5. The van der Waals surface area contributed by atoms with Crippen LogP contribution in [0.2, 0.25) is 0 Å². The number of hydrogen-bond donors (Lipinski definition) is 1. The number of hydrogen-bond acceptors (Lipinski definition) is 2. The minimum atomic E-state index is -0.154. The van der Waals surface area contributed by atoms with Crippen molar-refractivity contribution in [2.45, 2.75) is 38.1 Å². The highest BCUT2D eigenvalue weighted by Crippen LogP contribution is 2.37. The summed E-state index contributed by atoms with van der Waals surface area (Å²) in [4.78, 5) is 0. The summed E-state index contributed by atoms with van der Waals surface area (Å²) in [7, 11) is 0. The van der Waals surface area contributed by atoms with Crippen molar-refractivity contribution in [3.63, 3.8) is 0 Å². The fraction of sp³-hybridized carbons (Fsp3) is 0.471. The zero-order chi connectivity index (χ0) is 14.7. The van der Waals surface area contributed by atoms with Crippen LogP contribution in [0.15, 0.2) is 36.7 Å². The molecular weight excluding hydrogens is 265 g/mol. The second-order valence-electron chi connectivity index (χ2n) is 5.80. The number of piperidine rings is 1. The summed E-state index contributed by atoms with van der Waals surface area (Å²) in [5.74, 6) is 0.575. The Hall–Kier alpha value is -1.68. The highest BCUT2D eigenvalue weighted by Gasteiger charge is 2.28. The van der Waals surface area contributed by atoms with Gasteiger partial charge in [0.25, 0.3) is 0 Å². The third kappa shape index (κ3) is 3.16. The van der Waals surface area contributed by atoms with E-state index in [0.717, 1.165) is 38.0 Å². The number of aryl methyl sites for hydroxylation is 1. The van der Waals surface area contributed by atoms with E-state index < -0.39 is 0 Å². The predicted octanol–water partition coefficient (Wildman–Crippen LogP) is 3.29. The van der Waals surface area contributed by atoms with Crippen molar-refractivity contribution in [1.29, 1.82) is 0 Å². The fourth-order valence-corrected chi connectivity index (χ4v) is 3.27. The lowest BCUT2D eigenvalue weighted by Crippen LogP contribution is -2.33. The van der Waals surface area contributed by atoms with Gasteiger partial charge in [0.15, 0.2) is 0 Å². The summed E-state index contributed by atoms with van der Waals surface area (Å²) in [6.45, 7) is 5.01. The van der Waals surface area contributed by atoms with Crippen molar-refractivity contribution >= 4 is 0 Å². The van der Waals surface area contributed by atoms with Gasteiger partial charge in [0.05, 0.1) is 6.20 Å². The zero-order valence-corrected chi connectivity index (χ0v) is 12.4. The number of halogens is 1. The monoisotopic (exact) mass is 287 g/mol. The molecule has 0 spiro atoms. The van der Waals surface area contributed by atoms with E-state index in [0.29, 0.717) is 11.8 Å². The largest absolute Gasteiger partial charge is 0.316 e. The quantitative estimate of drug-likeness (QED) is 0.935. The van der Waals surface area contributed by atoms with E-state index >= 15 is 0 Å². The van der Waals surface area contributed by atoms with Gasteiger partial charge in [-0.1, -0.05) is 19.1 Å². The topological polar surface area (TPSA) is 29.9 Å². The van der Waals surface area contributed by atoms with Crippen LogP contribution < -0.4 is 5.32 Å². The van der Waals surface area contributed by atoms with Crippen LogP contribution in [0.25, 0.3) is 0 Å². The first-order valence-corrected chi connectivity index (χ1v) is 7.76. The van der Waals surface area contributed by atoms with Gasteiger partial charge in [0, 0.05) is 25.2 Å². The minimum absolute atomic E-state index is 0.154. The average molecular weight is 287 g/mol. The van der Waals surface area contributed by atoms with E-state index in [-0.39, 0.29) is 5.82 Å². The minimum Gasteiger partial charge on any atom is -0.316 e. The first-order valence-electron chi connectivity index (χ1n) is 7.76. The molecule has 4 heteroatoms. The number of rotatable bonds is 4. The lowest BCUT2D eigenvalue weighted by molar-refractivity contribution is 0.402. The van der Waals surface area contributed by atoms with Gasteiger partial charge < -0.3 is 5.32 Å². The third-order valence-corrected chi connectivity index (χ3v) is 4.29. The highest BCUT2D eigenvalue weighted by atomic mass is 19.1. The van der Waals surface area contributed by atoms with Gasteiger partial charge >= 0.3 is 0 Å². The molecule has 0 aliphatic carbocycles. The van der Waals surface area contributed by atoms with Crippen LogP contribution in [0.5, 0.6) is 0 Å². The summed E-state index contributed by atoms with van der Waals surface area (Å²) in [6, 6.07) is 7.01. The van der Waals surface area contributed by atoms with Crippen LogP contribution in [-0.2, 0) is 6.54 Å². The van der Waals surface area contributed by atoms with E-state index in [1.165, 1.54) is 11.6 Å². The Morgan fingerprint density at radius 3 is 3.05 bits per heavy atom. The molecule has 1 aromatic carbocycles. The Balaban J connectivity index is 1.86. The van der Waals surface area contributed by atoms with Crippen molar-refractivity contribution in [2.75, 3.05) is 13.1 Å². The molecule has 2 unspecified atom stereocenters. The Bertz CT molecular complexity index is 593. The second-order valence-corrected chi connectivity index (χ2v) is 5.80. The van der Waals surface area contributed by atoms with Crippen molar-refractivity contribution in [3.8, 4) is 0 Å². The molecule has 21 heavy (non-hydrogen) atoms. The first-order chi connectivity index (χ1) is 10.3. The van der Waals surface area contributed by atoms with Crippen LogP contribution in [0.3, 0.4) is 0 Å². The number of nitrogens with zero attached hydrogens (tertiary/aromatic N) is 2. The molecule has 1 aliphatic heterocycles. The van der Waals surface area contributed by atoms with Crippen molar-refractivity contribution in [1.82, 2.24) is 15.1 Å². The van der Waals surface area contributed by atoms with Gasteiger partial charge in [-0.15, -0.1) is 0 Å². The van der Waals surface area contributed by atoms with E-state index in [2.05, 4.69) is 23.5 Å². The van der Waals surface area contributed by atoms with Gasteiger partial charge in [-0.2, -0.15) is 5.10 Å². The van der Waals surface area contributed by atoms with Gasteiger partial charge in [-0.05, 0) is 48.6 Å². The summed E-state index contributed by atoms with van der Waals surface area (Å²) >= 11 is 0. The molecule has 3 nitrogen and oxygen atoms in total. The Morgan fingerprint density at radius 1 is 1.33 bits per heavy atom. The molecular formula is C17H22FN3. The molecule has 2 aromatic rings. The van der Waals surface area contributed by atoms with Crippen molar-refractivity contribution in [2.24, 2.45) is 0 Å². The summed E-state index contributed by atoms with van der Waals surface area (Å²) in [5, 5.41) is 7.88. The van der Waals surface area contributed by atoms with E-state index in [1.807, 2.05) is 16.9 Å². The van der Waals surface area contributed by atoms with E-state index in [9.17, 15) is 4.39 Å². The SMILES string of the molecule is CCCn1cc(C2CCNCC2c2cccc(F)c2)cn1. The lowest BCUT2D eigenvalue weighted by atomic mass is 9.78. The van der Waals surface area contributed by atoms with Crippen LogP contribution in [0, 0.1) is 5.82 Å². The van der Waals surface area contributed by atoms with Gasteiger partial charge in [-0.3, -0.25) is 4.68 Å². The van der Waals surface area contributed by atoms with Crippen LogP contribution in [0.4, 0.5) is 4.39 Å². The van der Waals surface area contributed by atoms with E-state index in [4.69, 9.17) is 0 Å². The molecule has 3 rings (SSSR count). The molecule has 1 aliphatic rings. The Labute approximate surface area is 125 Å². The van der Waals surface area contributed by atoms with Gasteiger partial charge in [0.2, 0.25) is 0 Å². The molecule has 2 atom stereocenters. The zero-order valence-electron chi connectivity index (χ0n) is 12.4. The van der Waals surface area contributed by atoms with Gasteiger partial charge in [-0.25, -0.2) is 4.39 Å². The number of nitrogens with one attached hydrogen (secondary N) is 1. The summed E-state index contributed by atoms with van der Waals surface area (Å²) in [6.07, 6.45) is 6.30. The molecule has 1 fully saturated rings. The predicted molar refractivity (Wildman–Crippen MR) is 81.9 cm³/mol. The average Bonchev–Trinajstić information content (AvgIpc) is 2.96. The van der Waals surface area contributed by atoms with Gasteiger partial charge in [0.1, 0.15) is 5.82 Å². The smallest absolute Gasteiger partial charge is 0.123 e. The van der Waals surface area contributed by atoms with Crippen LogP contribution in [0.1, 0.15) is 42.7 Å². The first kappa shape index (κ1) is 14.3. The number of benzene rings is 1. The van der Waals surface area contributed by atoms with Crippen LogP contribution in [-0.4, -0.2) is 22.9 Å². The molecule has 0 amide bonds. The molecule has 1 aromatic heterocycles. The molecule has 0 saturated carbocycles. The maximum atomic E-state index is 13.5. The normalized spacial score (nSPS) is 22.4. The maximum Gasteiger partial charge on any atom is 0.123 e. The number of aromatic nitrogens is 2.